The highest BCUT2D eigenvalue weighted by molar-refractivity contribution is 6.30. The molecule has 0 atom stereocenters. The molecule has 0 fully saturated rings. The third-order valence-electron chi connectivity index (χ3n) is 2.80. The van der Waals surface area contributed by atoms with Gasteiger partial charge in [0.2, 0.25) is 0 Å². The topological polar surface area (TPSA) is 34.1 Å². The lowest BCUT2D eigenvalue weighted by molar-refractivity contribution is 0.419. The summed E-state index contributed by atoms with van der Waals surface area (Å²) < 4.78 is 5.33. The summed E-state index contributed by atoms with van der Waals surface area (Å²) in [6.45, 7) is 7.42. The highest BCUT2D eigenvalue weighted by Gasteiger charge is 2.13. The minimum atomic E-state index is 0.195. The van der Waals surface area contributed by atoms with Crippen molar-refractivity contribution in [2.75, 3.05) is 19.0 Å². The first kappa shape index (κ1) is 13.9. The average molecular weight is 279 g/mol. The summed E-state index contributed by atoms with van der Waals surface area (Å²) in [6, 6.07) is 7.72. The molecule has 1 aromatic heterocycles. The van der Waals surface area contributed by atoms with Gasteiger partial charge in [0.1, 0.15) is 16.4 Å². The Hall–Kier alpha value is -1.48. The number of fused-ring (bicyclic) bond motifs is 1. The summed E-state index contributed by atoms with van der Waals surface area (Å²) in [4.78, 5) is 4.35. The maximum absolute atomic E-state index is 6.10. The highest BCUT2D eigenvalue weighted by atomic mass is 35.5. The van der Waals surface area contributed by atoms with E-state index in [2.05, 4.69) is 31.1 Å². The van der Waals surface area contributed by atoms with Gasteiger partial charge in [0.05, 0.1) is 7.11 Å². The second kappa shape index (κ2) is 5.25. The van der Waals surface area contributed by atoms with Gasteiger partial charge in [0.25, 0.3) is 0 Å². The van der Waals surface area contributed by atoms with E-state index in [0.29, 0.717) is 5.15 Å². The van der Waals surface area contributed by atoms with Crippen LogP contribution in [0.1, 0.15) is 20.8 Å². The van der Waals surface area contributed by atoms with Crippen LogP contribution in [0.5, 0.6) is 5.75 Å². The van der Waals surface area contributed by atoms with E-state index >= 15 is 0 Å². The van der Waals surface area contributed by atoms with Gasteiger partial charge < -0.3 is 10.1 Å². The Morgan fingerprint density at radius 1 is 1.32 bits per heavy atom. The quantitative estimate of drug-likeness (QED) is 0.848. The zero-order valence-corrected chi connectivity index (χ0v) is 12.5. The van der Waals surface area contributed by atoms with Gasteiger partial charge in [-0.25, -0.2) is 4.98 Å². The molecule has 0 saturated heterocycles. The summed E-state index contributed by atoms with van der Waals surface area (Å²) in [5, 5.41) is 4.93. The number of aromatic nitrogens is 1. The molecule has 0 aliphatic heterocycles. The van der Waals surface area contributed by atoms with Crippen molar-refractivity contribution in [1.82, 2.24) is 4.98 Å². The summed E-state index contributed by atoms with van der Waals surface area (Å²) in [5.41, 5.74) is 1.97. The molecule has 0 unspecified atom stereocenters. The van der Waals surface area contributed by atoms with E-state index in [9.17, 15) is 0 Å². The van der Waals surface area contributed by atoms with Crippen LogP contribution in [0.3, 0.4) is 0 Å². The Bertz CT molecular complexity index is 590. The number of anilines is 1. The number of para-hydroxylation sites is 1. The normalized spacial score (nSPS) is 11.6. The fourth-order valence-electron chi connectivity index (χ4n) is 1.86. The minimum Gasteiger partial charge on any atom is -0.494 e. The maximum Gasteiger partial charge on any atom is 0.145 e. The number of halogens is 1. The van der Waals surface area contributed by atoms with Crippen molar-refractivity contribution in [3.63, 3.8) is 0 Å². The van der Waals surface area contributed by atoms with Crippen molar-refractivity contribution in [1.29, 1.82) is 0 Å². The predicted molar refractivity (Wildman–Crippen MR) is 81.2 cm³/mol. The minimum absolute atomic E-state index is 0.195. The van der Waals surface area contributed by atoms with Crippen LogP contribution in [0, 0.1) is 5.41 Å². The van der Waals surface area contributed by atoms with Crippen molar-refractivity contribution in [3.05, 3.63) is 29.4 Å². The fraction of sp³-hybridized carbons (Fsp3) is 0.400. The fourth-order valence-corrected chi connectivity index (χ4v) is 2.06. The molecule has 0 aliphatic carbocycles. The molecule has 0 radical (unpaired) electrons. The molecular formula is C15H19ClN2O. The van der Waals surface area contributed by atoms with Gasteiger partial charge in [-0.1, -0.05) is 44.5 Å². The number of methoxy groups -OCH3 is 1. The van der Waals surface area contributed by atoms with Crippen molar-refractivity contribution in [2.24, 2.45) is 5.41 Å². The van der Waals surface area contributed by atoms with Crippen LogP contribution in [0.2, 0.25) is 5.15 Å². The molecule has 0 bridgehead atoms. The molecule has 0 amide bonds. The van der Waals surface area contributed by atoms with Crippen LogP contribution in [0.4, 0.5) is 5.69 Å². The summed E-state index contributed by atoms with van der Waals surface area (Å²) in [6.07, 6.45) is 0. The van der Waals surface area contributed by atoms with Crippen LogP contribution in [-0.2, 0) is 0 Å². The number of nitrogens with one attached hydrogen (secondary N) is 1. The second-order valence-corrected chi connectivity index (χ2v) is 6.15. The molecule has 102 valence electrons. The van der Waals surface area contributed by atoms with Crippen molar-refractivity contribution in [3.8, 4) is 5.75 Å². The molecule has 2 aromatic rings. The molecule has 0 spiro atoms. The van der Waals surface area contributed by atoms with E-state index in [1.165, 1.54) is 0 Å². The van der Waals surface area contributed by atoms with Crippen molar-refractivity contribution in [2.45, 2.75) is 20.8 Å². The number of hydrogen-bond donors (Lipinski definition) is 1. The summed E-state index contributed by atoms with van der Waals surface area (Å²) in [5.74, 6) is 0.735. The Morgan fingerprint density at radius 2 is 2.05 bits per heavy atom. The predicted octanol–water partition coefficient (Wildman–Crippen LogP) is 4.35. The molecule has 0 aliphatic rings. The van der Waals surface area contributed by atoms with E-state index in [0.717, 1.165) is 28.9 Å². The average Bonchev–Trinajstić information content (AvgIpc) is 2.34. The lowest BCUT2D eigenvalue weighted by Crippen LogP contribution is -2.19. The zero-order chi connectivity index (χ0) is 14.0. The molecule has 1 N–H and O–H groups in total. The van der Waals surface area contributed by atoms with Gasteiger partial charge in [0, 0.05) is 17.6 Å². The molecule has 1 aromatic carbocycles. The van der Waals surface area contributed by atoms with Crippen LogP contribution < -0.4 is 10.1 Å². The number of rotatable bonds is 3. The lowest BCUT2D eigenvalue weighted by atomic mass is 9.97. The van der Waals surface area contributed by atoms with E-state index < -0.39 is 0 Å². The maximum atomic E-state index is 6.10. The Kier molecular flexibility index (Phi) is 3.85. The standard InChI is InChI=1S/C15H19ClN2O/c1-15(2,3)9-17-11-8-13(16)18-14-10(11)6-5-7-12(14)19-4/h5-8H,9H2,1-4H3,(H,17,18). The molecule has 3 nitrogen and oxygen atoms in total. The van der Waals surface area contributed by atoms with Crippen molar-refractivity contribution < 1.29 is 4.74 Å². The second-order valence-electron chi connectivity index (χ2n) is 5.76. The van der Waals surface area contributed by atoms with Gasteiger partial charge in [-0.05, 0) is 17.5 Å². The molecule has 1 heterocycles. The SMILES string of the molecule is COc1cccc2c(NCC(C)(C)C)cc(Cl)nc12. The number of hydrogen-bond acceptors (Lipinski definition) is 3. The molecule has 2 rings (SSSR count). The third kappa shape index (κ3) is 3.29. The highest BCUT2D eigenvalue weighted by Crippen LogP contribution is 2.31. The van der Waals surface area contributed by atoms with Crippen molar-refractivity contribution >= 4 is 28.2 Å². The monoisotopic (exact) mass is 278 g/mol. The first-order chi connectivity index (χ1) is 8.90. The number of benzene rings is 1. The molecular weight excluding hydrogens is 260 g/mol. The first-order valence-electron chi connectivity index (χ1n) is 6.28. The van der Waals surface area contributed by atoms with Gasteiger partial charge in [0.15, 0.2) is 0 Å². The summed E-state index contributed by atoms with van der Waals surface area (Å²) in [7, 11) is 1.64. The smallest absolute Gasteiger partial charge is 0.145 e. The third-order valence-corrected chi connectivity index (χ3v) is 2.99. The molecule has 19 heavy (non-hydrogen) atoms. The van der Waals surface area contributed by atoms with E-state index in [1.54, 1.807) is 7.11 Å². The Morgan fingerprint density at radius 3 is 2.68 bits per heavy atom. The van der Waals surface area contributed by atoms with E-state index in [1.807, 2.05) is 24.3 Å². The molecule has 4 heteroatoms. The molecule has 0 saturated carbocycles. The Labute approximate surface area is 118 Å². The van der Waals surface area contributed by atoms with Gasteiger partial charge in [-0.2, -0.15) is 0 Å². The zero-order valence-electron chi connectivity index (χ0n) is 11.7. The number of ether oxygens (including phenoxy) is 1. The Balaban J connectivity index is 2.49. The number of pyridine rings is 1. The van der Waals surface area contributed by atoms with Crippen LogP contribution in [0.15, 0.2) is 24.3 Å². The van der Waals surface area contributed by atoms with Crippen LogP contribution >= 0.6 is 11.6 Å². The van der Waals surface area contributed by atoms with Gasteiger partial charge in [-0.15, -0.1) is 0 Å². The van der Waals surface area contributed by atoms with E-state index in [4.69, 9.17) is 16.3 Å². The number of nitrogens with zero attached hydrogens (tertiary/aromatic N) is 1. The first-order valence-corrected chi connectivity index (χ1v) is 6.66. The largest absolute Gasteiger partial charge is 0.494 e. The van der Waals surface area contributed by atoms with Gasteiger partial charge in [-0.3, -0.25) is 0 Å². The lowest BCUT2D eigenvalue weighted by Gasteiger charge is -2.20. The van der Waals surface area contributed by atoms with Crippen LogP contribution in [0.25, 0.3) is 10.9 Å². The summed E-state index contributed by atoms with van der Waals surface area (Å²) >= 11 is 6.10. The van der Waals surface area contributed by atoms with E-state index in [-0.39, 0.29) is 5.41 Å². The van der Waals surface area contributed by atoms with Gasteiger partial charge >= 0.3 is 0 Å². The van der Waals surface area contributed by atoms with Crippen LogP contribution in [-0.4, -0.2) is 18.6 Å².